The molecule has 0 unspecified atom stereocenters. The SMILES string of the molecule is O=C1[C@@H](O)[C@H](O)[C@H]2C[C@@H](O)CN12. The van der Waals surface area contributed by atoms with E-state index in [1.807, 2.05) is 0 Å². The fraction of sp³-hybridized carbons (Fsp3) is 0.857. The van der Waals surface area contributed by atoms with Crippen LogP contribution in [0.5, 0.6) is 0 Å². The summed E-state index contributed by atoms with van der Waals surface area (Å²) in [6, 6.07) is -0.387. The highest BCUT2D eigenvalue weighted by Gasteiger charge is 2.50. The number of carbonyl (C=O) groups excluding carboxylic acids is 1. The molecule has 0 aromatic carbocycles. The van der Waals surface area contributed by atoms with Gasteiger partial charge in [-0.2, -0.15) is 0 Å². The van der Waals surface area contributed by atoms with E-state index in [0.717, 1.165) is 0 Å². The summed E-state index contributed by atoms with van der Waals surface area (Å²) >= 11 is 0. The lowest BCUT2D eigenvalue weighted by molar-refractivity contribution is -0.136. The quantitative estimate of drug-likeness (QED) is 0.384. The van der Waals surface area contributed by atoms with E-state index in [1.54, 1.807) is 0 Å². The fourth-order valence-electron chi connectivity index (χ4n) is 1.95. The summed E-state index contributed by atoms with van der Waals surface area (Å²) in [5.41, 5.74) is 0. The highest BCUT2D eigenvalue weighted by molar-refractivity contribution is 5.84. The number of amides is 1. The molecule has 2 rings (SSSR count). The van der Waals surface area contributed by atoms with Crippen molar-refractivity contribution in [1.29, 1.82) is 0 Å². The molecule has 0 aromatic heterocycles. The van der Waals surface area contributed by atoms with Gasteiger partial charge < -0.3 is 20.2 Å². The van der Waals surface area contributed by atoms with Crippen LogP contribution in [0.4, 0.5) is 0 Å². The Hall–Kier alpha value is -0.650. The third-order valence-electron chi connectivity index (χ3n) is 2.58. The summed E-state index contributed by atoms with van der Waals surface area (Å²) in [7, 11) is 0. The second-order valence-electron chi connectivity index (χ2n) is 3.38. The van der Waals surface area contributed by atoms with Crippen molar-refractivity contribution in [2.24, 2.45) is 0 Å². The number of aliphatic hydroxyl groups is 3. The number of aliphatic hydroxyl groups excluding tert-OH is 3. The number of hydrogen-bond donors (Lipinski definition) is 3. The average molecular weight is 173 g/mol. The van der Waals surface area contributed by atoms with E-state index in [-0.39, 0.29) is 12.6 Å². The molecule has 2 fully saturated rings. The Morgan fingerprint density at radius 2 is 2.00 bits per heavy atom. The van der Waals surface area contributed by atoms with Crippen LogP contribution in [0.15, 0.2) is 0 Å². The topological polar surface area (TPSA) is 81.0 Å². The third-order valence-corrected chi connectivity index (χ3v) is 2.58. The van der Waals surface area contributed by atoms with Crippen molar-refractivity contribution in [2.75, 3.05) is 6.54 Å². The molecule has 5 heteroatoms. The molecule has 0 bridgehead atoms. The van der Waals surface area contributed by atoms with Crippen molar-refractivity contribution in [3.05, 3.63) is 0 Å². The van der Waals surface area contributed by atoms with Crippen LogP contribution < -0.4 is 0 Å². The predicted molar refractivity (Wildman–Crippen MR) is 38.1 cm³/mol. The molecule has 0 spiro atoms. The second-order valence-corrected chi connectivity index (χ2v) is 3.38. The maximum absolute atomic E-state index is 11.1. The van der Waals surface area contributed by atoms with Crippen LogP contribution in [0.2, 0.25) is 0 Å². The molecule has 0 saturated carbocycles. The largest absolute Gasteiger partial charge is 0.391 e. The van der Waals surface area contributed by atoms with Gasteiger partial charge in [-0.1, -0.05) is 0 Å². The van der Waals surface area contributed by atoms with Gasteiger partial charge in [-0.3, -0.25) is 4.79 Å². The summed E-state index contributed by atoms with van der Waals surface area (Å²) < 4.78 is 0. The molecule has 1 amide bonds. The first-order valence-corrected chi connectivity index (χ1v) is 3.96. The highest BCUT2D eigenvalue weighted by Crippen LogP contribution is 2.29. The lowest BCUT2D eigenvalue weighted by atomic mass is 10.1. The first kappa shape index (κ1) is 7.97. The van der Waals surface area contributed by atoms with Crippen molar-refractivity contribution in [3.63, 3.8) is 0 Å². The monoisotopic (exact) mass is 173 g/mol. The standard InChI is InChI=1S/C7H11NO4/c9-3-1-4-5(10)6(11)7(12)8(4)2-3/h3-6,9-11H,1-2H2/t3-,4-,5-,6+/m1/s1. The molecular formula is C7H11NO4. The lowest BCUT2D eigenvalue weighted by Gasteiger charge is -2.14. The molecule has 0 radical (unpaired) electrons. The third kappa shape index (κ3) is 0.872. The van der Waals surface area contributed by atoms with Gasteiger partial charge in [0, 0.05) is 6.54 Å². The van der Waals surface area contributed by atoms with Crippen LogP contribution in [-0.2, 0) is 4.79 Å². The average Bonchev–Trinajstić information content (AvgIpc) is 2.49. The zero-order chi connectivity index (χ0) is 8.88. The molecule has 5 nitrogen and oxygen atoms in total. The maximum Gasteiger partial charge on any atom is 0.254 e. The minimum atomic E-state index is -1.29. The number of rotatable bonds is 0. The second kappa shape index (κ2) is 2.42. The van der Waals surface area contributed by atoms with Crippen LogP contribution in [0.25, 0.3) is 0 Å². The Kier molecular flexibility index (Phi) is 1.61. The first-order chi connectivity index (χ1) is 5.61. The lowest BCUT2D eigenvalue weighted by Crippen LogP contribution is -2.32. The summed E-state index contributed by atoms with van der Waals surface area (Å²) in [5.74, 6) is -0.468. The smallest absolute Gasteiger partial charge is 0.254 e. The van der Waals surface area contributed by atoms with E-state index in [0.29, 0.717) is 6.42 Å². The first-order valence-electron chi connectivity index (χ1n) is 3.96. The van der Waals surface area contributed by atoms with Gasteiger partial charge in [-0.15, -0.1) is 0 Å². The summed E-state index contributed by atoms with van der Waals surface area (Å²) in [6.07, 6.45) is -2.51. The number of nitrogens with zero attached hydrogens (tertiary/aromatic N) is 1. The van der Waals surface area contributed by atoms with Gasteiger partial charge in [0.15, 0.2) is 6.10 Å². The molecule has 2 aliphatic heterocycles. The molecule has 2 saturated heterocycles. The zero-order valence-corrected chi connectivity index (χ0v) is 6.42. The predicted octanol–water partition coefficient (Wildman–Crippen LogP) is -2.32. The number of fused-ring (bicyclic) bond motifs is 1. The van der Waals surface area contributed by atoms with Crippen molar-refractivity contribution >= 4 is 5.91 Å². The molecule has 2 aliphatic rings. The van der Waals surface area contributed by atoms with Crippen molar-refractivity contribution < 1.29 is 20.1 Å². The zero-order valence-electron chi connectivity index (χ0n) is 6.42. The summed E-state index contributed by atoms with van der Waals surface area (Å²) in [5, 5.41) is 27.6. The molecule has 2 heterocycles. The molecule has 12 heavy (non-hydrogen) atoms. The molecule has 4 atom stereocenters. The minimum Gasteiger partial charge on any atom is -0.391 e. The maximum atomic E-state index is 11.1. The molecule has 68 valence electrons. The van der Waals surface area contributed by atoms with Gasteiger partial charge in [0.1, 0.15) is 6.10 Å². The number of carbonyl (C=O) groups is 1. The summed E-state index contributed by atoms with van der Waals surface area (Å²) in [6.45, 7) is 0.234. The van der Waals surface area contributed by atoms with E-state index >= 15 is 0 Å². The van der Waals surface area contributed by atoms with Crippen molar-refractivity contribution in [2.45, 2.75) is 30.8 Å². The Morgan fingerprint density at radius 3 is 2.58 bits per heavy atom. The van der Waals surface area contributed by atoms with Gasteiger partial charge in [-0.25, -0.2) is 0 Å². The van der Waals surface area contributed by atoms with E-state index in [4.69, 9.17) is 5.11 Å². The van der Waals surface area contributed by atoms with E-state index < -0.39 is 24.2 Å². The van der Waals surface area contributed by atoms with Crippen LogP contribution in [0.3, 0.4) is 0 Å². The van der Waals surface area contributed by atoms with Gasteiger partial charge in [0.25, 0.3) is 5.91 Å². The van der Waals surface area contributed by atoms with Crippen LogP contribution in [-0.4, -0.2) is 57.0 Å². The van der Waals surface area contributed by atoms with E-state index in [2.05, 4.69) is 0 Å². The van der Waals surface area contributed by atoms with E-state index in [1.165, 1.54) is 4.90 Å². The Morgan fingerprint density at radius 1 is 1.33 bits per heavy atom. The molecule has 0 aliphatic carbocycles. The summed E-state index contributed by atoms with van der Waals surface area (Å²) in [4.78, 5) is 12.5. The van der Waals surface area contributed by atoms with Crippen LogP contribution >= 0.6 is 0 Å². The Balaban J connectivity index is 2.21. The minimum absolute atomic E-state index is 0.234. The van der Waals surface area contributed by atoms with E-state index in [9.17, 15) is 15.0 Å². The van der Waals surface area contributed by atoms with Gasteiger partial charge >= 0.3 is 0 Å². The highest BCUT2D eigenvalue weighted by atomic mass is 16.3. The normalized spacial score (nSPS) is 46.9. The van der Waals surface area contributed by atoms with Crippen molar-refractivity contribution in [3.8, 4) is 0 Å². The van der Waals surface area contributed by atoms with Crippen LogP contribution in [0, 0.1) is 0 Å². The van der Waals surface area contributed by atoms with Crippen molar-refractivity contribution in [1.82, 2.24) is 4.90 Å². The molecular weight excluding hydrogens is 162 g/mol. The number of hydrogen-bond acceptors (Lipinski definition) is 4. The van der Waals surface area contributed by atoms with Gasteiger partial charge in [0.2, 0.25) is 0 Å². The Bertz CT molecular complexity index is 219. The molecule has 0 aromatic rings. The van der Waals surface area contributed by atoms with Crippen LogP contribution in [0.1, 0.15) is 6.42 Å². The fourth-order valence-corrected chi connectivity index (χ4v) is 1.95. The Labute approximate surface area is 69.2 Å². The van der Waals surface area contributed by atoms with Gasteiger partial charge in [0.05, 0.1) is 12.1 Å². The van der Waals surface area contributed by atoms with Gasteiger partial charge in [-0.05, 0) is 6.42 Å². The molecule has 3 N–H and O–H groups in total.